The van der Waals surface area contributed by atoms with Crippen LogP contribution in [0.5, 0.6) is 0 Å². The molecule has 2 rings (SSSR count). The number of hydrogen-bond donors (Lipinski definition) is 2. The zero-order valence-electron chi connectivity index (χ0n) is 10.5. The third kappa shape index (κ3) is 4.42. The monoisotopic (exact) mass is 264 g/mol. The molecule has 0 bridgehead atoms. The Morgan fingerprint density at radius 1 is 1.42 bits per heavy atom. The Morgan fingerprint density at radius 2 is 2.32 bits per heavy atom. The predicted molar refractivity (Wildman–Crippen MR) is 68.9 cm³/mol. The zero-order valence-corrected chi connectivity index (χ0v) is 10.5. The number of rotatable bonds is 7. The molecule has 5 nitrogen and oxygen atoms in total. The molecule has 0 aliphatic heterocycles. The van der Waals surface area contributed by atoms with Crippen molar-refractivity contribution in [2.24, 2.45) is 0 Å². The van der Waals surface area contributed by atoms with Crippen LogP contribution in [0.15, 0.2) is 36.7 Å². The minimum Gasteiger partial charge on any atom is -0.387 e. The second-order valence-electron chi connectivity index (χ2n) is 4.29. The van der Waals surface area contributed by atoms with Gasteiger partial charge in [0.15, 0.2) is 0 Å². The third-order valence-corrected chi connectivity index (χ3v) is 2.78. The summed E-state index contributed by atoms with van der Waals surface area (Å²) in [6.45, 7) is 1.94. The van der Waals surface area contributed by atoms with Crippen LogP contribution in [0.2, 0.25) is 0 Å². The molecule has 1 heterocycles. The van der Waals surface area contributed by atoms with Crippen LogP contribution in [-0.4, -0.2) is 33.2 Å². The summed E-state index contributed by atoms with van der Waals surface area (Å²) in [6.07, 6.45) is 3.64. The van der Waals surface area contributed by atoms with E-state index in [2.05, 4.69) is 15.6 Å². The Kier molecular flexibility index (Phi) is 5.00. The normalized spacial score (nSPS) is 12.5. The number of nitrogens with zero attached hydrogens (tertiary/aromatic N) is 3. The van der Waals surface area contributed by atoms with E-state index >= 15 is 0 Å². The van der Waals surface area contributed by atoms with Gasteiger partial charge in [0.1, 0.15) is 5.82 Å². The summed E-state index contributed by atoms with van der Waals surface area (Å²) in [5.41, 5.74) is 0.587. The first-order valence-electron chi connectivity index (χ1n) is 6.24. The predicted octanol–water partition coefficient (Wildman–Crippen LogP) is 1.13. The van der Waals surface area contributed by atoms with E-state index in [1.165, 1.54) is 12.1 Å². The van der Waals surface area contributed by atoms with Crippen molar-refractivity contribution < 1.29 is 9.50 Å². The van der Waals surface area contributed by atoms with E-state index in [0.29, 0.717) is 12.1 Å². The average Bonchev–Trinajstić information content (AvgIpc) is 2.91. The lowest BCUT2D eigenvalue weighted by molar-refractivity contribution is 0.174. The average molecular weight is 264 g/mol. The second kappa shape index (κ2) is 6.96. The molecule has 1 aromatic heterocycles. The maximum Gasteiger partial charge on any atom is 0.123 e. The Balaban J connectivity index is 1.65. The van der Waals surface area contributed by atoms with Crippen molar-refractivity contribution in [3.8, 4) is 0 Å². The summed E-state index contributed by atoms with van der Waals surface area (Å²) in [5.74, 6) is -0.331. The molecule has 0 saturated heterocycles. The van der Waals surface area contributed by atoms with Gasteiger partial charge in [0, 0.05) is 19.3 Å². The van der Waals surface area contributed by atoms with Gasteiger partial charge in [0.05, 0.1) is 12.3 Å². The molecule has 6 heteroatoms. The first-order chi connectivity index (χ1) is 9.25. The molecule has 0 amide bonds. The van der Waals surface area contributed by atoms with Gasteiger partial charge in [-0.3, -0.25) is 4.68 Å². The highest BCUT2D eigenvalue weighted by molar-refractivity contribution is 5.18. The molecule has 2 N–H and O–H groups in total. The van der Waals surface area contributed by atoms with Gasteiger partial charge in [-0.25, -0.2) is 4.39 Å². The zero-order chi connectivity index (χ0) is 13.5. The van der Waals surface area contributed by atoms with Crippen molar-refractivity contribution in [1.29, 1.82) is 0 Å². The lowest BCUT2D eigenvalue weighted by atomic mass is 10.1. The first-order valence-corrected chi connectivity index (χ1v) is 6.24. The Labute approximate surface area is 111 Å². The summed E-state index contributed by atoms with van der Waals surface area (Å²) in [5, 5.41) is 20.6. The molecule has 1 aromatic carbocycles. The molecule has 19 heavy (non-hydrogen) atoms. The number of halogens is 1. The highest BCUT2D eigenvalue weighted by Gasteiger charge is 2.07. The second-order valence-corrected chi connectivity index (χ2v) is 4.29. The van der Waals surface area contributed by atoms with Gasteiger partial charge < -0.3 is 10.4 Å². The molecule has 0 fully saturated rings. The van der Waals surface area contributed by atoms with Gasteiger partial charge in [-0.2, -0.15) is 0 Å². The standard InChI is InChI=1S/C13H17FN4O/c14-12-4-1-3-11(9-12)13(19)10-15-5-2-7-18-8-6-16-17-18/h1,3-4,6,8-9,13,15,19H,2,5,7,10H2. The maximum absolute atomic E-state index is 13.0. The molecular formula is C13H17FN4O. The number of benzene rings is 1. The number of aromatic nitrogens is 3. The summed E-state index contributed by atoms with van der Waals surface area (Å²) in [7, 11) is 0. The van der Waals surface area contributed by atoms with Crippen LogP contribution in [0.4, 0.5) is 4.39 Å². The van der Waals surface area contributed by atoms with E-state index in [4.69, 9.17) is 0 Å². The summed E-state index contributed by atoms with van der Waals surface area (Å²) in [6, 6.07) is 6.02. The molecule has 0 radical (unpaired) electrons. The topological polar surface area (TPSA) is 63.0 Å². The van der Waals surface area contributed by atoms with E-state index in [1.54, 1.807) is 23.0 Å². The first kappa shape index (κ1) is 13.6. The fourth-order valence-electron chi connectivity index (χ4n) is 1.79. The van der Waals surface area contributed by atoms with E-state index < -0.39 is 6.10 Å². The minimum atomic E-state index is -0.693. The van der Waals surface area contributed by atoms with E-state index in [-0.39, 0.29) is 5.82 Å². The van der Waals surface area contributed by atoms with Crippen molar-refractivity contribution in [2.45, 2.75) is 19.1 Å². The van der Waals surface area contributed by atoms with Gasteiger partial charge in [-0.15, -0.1) is 5.10 Å². The molecule has 0 spiro atoms. The minimum absolute atomic E-state index is 0.331. The van der Waals surface area contributed by atoms with Gasteiger partial charge in [-0.05, 0) is 30.7 Å². The number of aliphatic hydroxyl groups excluding tert-OH is 1. The fraction of sp³-hybridized carbons (Fsp3) is 0.385. The van der Waals surface area contributed by atoms with E-state index in [0.717, 1.165) is 19.5 Å². The van der Waals surface area contributed by atoms with Crippen molar-refractivity contribution in [3.05, 3.63) is 48.0 Å². The Hall–Kier alpha value is -1.79. The number of aryl methyl sites for hydroxylation is 1. The molecule has 0 saturated carbocycles. The number of nitrogens with one attached hydrogen (secondary N) is 1. The van der Waals surface area contributed by atoms with E-state index in [9.17, 15) is 9.50 Å². The molecule has 102 valence electrons. The van der Waals surface area contributed by atoms with Crippen LogP contribution in [0, 0.1) is 5.82 Å². The van der Waals surface area contributed by atoms with Crippen LogP contribution >= 0.6 is 0 Å². The van der Waals surface area contributed by atoms with Crippen LogP contribution in [0.3, 0.4) is 0 Å². The number of hydrogen-bond acceptors (Lipinski definition) is 4. The largest absolute Gasteiger partial charge is 0.387 e. The van der Waals surface area contributed by atoms with Crippen molar-refractivity contribution in [1.82, 2.24) is 20.3 Å². The Morgan fingerprint density at radius 3 is 3.05 bits per heavy atom. The highest BCUT2D eigenvalue weighted by Crippen LogP contribution is 2.12. The van der Waals surface area contributed by atoms with E-state index in [1.807, 2.05) is 6.20 Å². The maximum atomic E-state index is 13.0. The molecule has 2 aromatic rings. The van der Waals surface area contributed by atoms with Gasteiger partial charge in [-0.1, -0.05) is 17.3 Å². The molecular weight excluding hydrogens is 247 g/mol. The fourth-order valence-corrected chi connectivity index (χ4v) is 1.79. The number of aliphatic hydroxyl groups is 1. The summed E-state index contributed by atoms with van der Waals surface area (Å²) in [4.78, 5) is 0. The summed E-state index contributed by atoms with van der Waals surface area (Å²) < 4.78 is 14.7. The van der Waals surface area contributed by atoms with Gasteiger partial charge in [0.2, 0.25) is 0 Å². The van der Waals surface area contributed by atoms with Crippen molar-refractivity contribution in [2.75, 3.05) is 13.1 Å². The SMILES string of the molecule is OC(CNCCCn1ccnn1)c1cccc(F)c1. The lowest BCUT2D eigenvalue weighted by Crippen LogP contribution is -2.23. The van der Waals surface area contributed by atoms with Crippen molar-refractivity contribution >= 4 is 0 Å². The van der Waals surface area contributed by atoms with Crippen LogP contribution in [0.25, 0.3) is 0 Å². The quantitative estimate of drug-likeness (QED) is 0.736. The third-order valence-electron chi connectivity index (χ3n) is 2.78. The van der Waals surface area contributed by atoms with Crippen molar-refractivity contribution in [3.63, 3.8) is 0 Å². The smallest absolute Gasteiger partial charge is 0.123 e. The van der Waals surface area contributed by atoms with Crippen LogP contribution < -0.4 is 5.32 Å². The molecule has 1 unspecified atom stereocenters. The molecule has 0 aliphatic rings. The Bertz CT molecular complexity index is 489. The summed E-state index contributed by atoms with van der Waals surface area (Å²) >= 11 is 0. The highest BCUT2D eigenvalue weighted by atomic mass is 19.1. The van der Waals surface area contributed by atoms with Gasteiger partial charge in [0.25, 0.3) is 0 Å². The lowest BCUT2D eigenvalue weighted by Gasteiger charge is -2.12. The molecule has 0 aliphatic carbocycles. The molecule has 1 atom stereocenters. The van der Waals surface area contributed by atoms with Crippen LogP contribution in [-0.2, 0) is 6.54 Å². The van der Waals surface area contributed by atoms with Gasteiger partial charge >= 0.3 is 0 Å². The van der Waals surface area contributed by atoms with Crippen LogP contribution in [0.1, 0.15) is 18.1 Å².